The van der Waals surface area contributed by atoms with Gasteiger partial charge in [0.25, 0.3) is 5.91 Å². The average molecular weight is 409 g/mol. The molecular formula is C22H17ClN2O4. The molecule has 0 aliphatic carbocycles. The van der Waals surface area contributed by atoms with E-state index in [1.807, 2.05) is 19.1 Å². The van der Waals surface area contributed by atoms with Crippen molar-refractivity contribution in [2.45, 2.75) is 19.1 Å². The lowest BCUT2D eigenvalue weighted by Crippen LogP contribution is -2.37. The predicted octanol–water partition coefficient (Wildman–Crippen LogP) is 4.29. The fraction of sp³-hybridized carbons (Fsp3) is 0.182. The normalized spacial score (nSPS) is 23.7. The average Bonchev–Trinajstić information content (AvgIpc) is 3.41. The number of rotatable bonds is 3. The summed E-state index contributed by atoms with van der Waals surface area (Å²) in [6, 6.07) is 17.3. The van der Waals surface area contributed by atoms with E-state index in [0.717, 1.165) is 5.56 Å². The first-order chi connectivity index (χ1) is 14.0. The molecule has 29 heavy (non-hydrogen) atoms. The Hall–Kier alpha value is -3.09. The van der Waals surface area contributed by atoms with Crippen molar-refractivity contribution < 1.29 is 18.8 Å². The van der Waals surface area contributed by atoms with E-state index in [4.69, 9.17) is 20.9 Å². The van der Waals surface area contributed by atoms with Gasteiger partial charge in [-0.2, -0.15) is 0 Å². The van der Waals surface area contributed by atoms with Crippen LogP contribution in [0.25, 0.3) is 0 Å². The van der Waals surface area contributed by atoms with Gasteiger partial charge in [0.2, 0.25) is 5.91 Å². The third-order valence-electron chi connectivity index (χ3n) is 5.32. The van der Waals surface area contributed by atoms with Crippen molar-refractivity contribution in [1.29, 1.82) is 0 Å². The number of benzene rings is 2. The molecule has 7 heteroatoms. The quantitative estimate of drug-likeness (QED) is 0.605. The highest BCUT2D eigenvalue weighted by molar-refractivity contribution is 6.30. The minimum absolute atomic E-state index is 0.304. The third-order valence-corrected chi connectivity index (χ3v) is 5.58. The van der Waals surface area contributed by atoms with Crippen LogP contribution in [0.3, 0.4) is 0 Å². The van der Waals surface area contributed by atoms with E-state index in [1.165, 1.54) is 4.90 Å². The SMILES string of the molecule is Cc1ccc(N2C(=O)[C@@H]3[C@@H](ON(c4ccc(Cl)cc4)[C@H]3c3ccco3)C2=O)cc1. The molecule has 3 heterocycles. The number of hydrogen-bond acceptors (Lipinski definition) is 5. The molecule has 3 aromatic rings. The lowest BCUT2D eigenvalue weighted by molar-refractivity contribution is -0.126. The highest BCUT2D eigenvalue weighted by atomic mass is 35.5. The van der Waals surface area contributed by atoms with E-state index in [0.29, 0.717) is 22.2 Å². The molecule has 2 aliphatic heterocycles. The van der Waals surface area contributed by atoms with Gasteiger partial charge in [-0.05, 0) is 55.5 Å². The molecule has 146 valence electrons. The van der Waals surface area contributed by atoms with Crippen LogP contribution in [-0.2, 0) is 14.4 Å². The second-order valence-corrected chi connectivity index (χ2v) is 7.60. The maximum Gasteiger partial charge on any atom is 0.266 e. The Kier molecular flexibility index (Phi) is 4.19. The number of aryl methyl sites for hydroxylation is 1. The van der Waals surface area contributed by atoms with Gasteiger partial charge in [0.05, 0.1) is 17.6 Å². The van der Waals surface area contributed by atoms with Crippen molar-refractivity contribution in [1.82, 2.24) is 0 Å². The first-order valence-electron chi connectivity index (χ1n) is 9.24. The van der Waals surface area contributed by atoms with E-state index in [1.54, 1.807) is 59.9 Å². The number of halogens is 1. The molecule has 3 atom stereocenters. The Bertz CT molecular complexity index is 1060. The van der Waals surface area contributed by atoms with Crippen molar-refractivity contribution in [3.8, 4) is 0 Å². The maximum absolute atomic E-state index is 13.4. The number of furan rings is 1. The van der Waals surface area contributed by atoms with Gasteiger partial charge in [-0.3, -0.25) is 14.4 Å². The van der Waals surface area contributed by atoms with Crippen molar-refractivity contribution in [2.75, 3.05) is 9.96 Å². The summed E-state index contributed by atoms with van der Waals surface area (Å²) in [6.07, 6.45) is 0.622. The van der Waals surface area contributed by atoms with Crippen LogP contribution < -0.4 is 9.96 Å². The summed E-state index contributed by atoms with van der Waals surface area (Å²) in [4.78, 5) is 33.7. The first kappa shape index (κ1) is 18.0. The first-order valence-corrected chi connectivity index (χ1v) is 9.62. The molecule has 0 saturated carbocycles. The largest absolute Gasteiger partial charge is 0.467 e. The van der Waals surface area contributed by atoms with Gasteiger partial charge in [-0.1, -0.05) is 29.3 Å². The minimum Gasteiger partial charge on any atom is -0.467 e. The number of nitrogens with zero attached hydrogens (tertiary/aromatic N) is 2. The van der Waals surface area contributed by atoms with Crippen LogP contribution in [0.1, 0.15) is 17.4 Å². The lowest BCUT2D eigenvalue weighted by atomic mass is 9.94. The molecule has 0 unspecified atom stereocenters. The van der Waals surface area contributed by atoms with Gasteiger partial charge < -0.3 is 4.42 Å². The Morgan fingerprint density at radius 2 is 1.59 bits per heavy atom. The van der Waals surface area contributed by atoms with E-state index in [-0.39, 0.29) is 11.8 Å². The standard InChI is InChI=1S/C22H17ClN2O4/c1-13-4-8-15(9-5-13)24-21(26)18-19(17-3-2-12-28-17)25(29-20(18)22(24)27)16-10-6-14(23)7-11-16/h2-12,18-20H,1H3/t18-,19-,20+/m0/s1. The zero-order valence-electron chi connectivity index (χ0n) is 15.5. The lowest BCUT2D eigenvalue weighted by Gasteiger charge is -2.27. The zero-order valence-corrected chi connectivity index (χ0v) is 16.2. The molecule has 0 spiro atoms. The highest BCUT2D eigenvalue weighted by Gasteiger charge is 2.61. The van der Waals surface area contributed by atoms with Gasteiger partial charge >= 0.3 is 0 Å². The zero-order chi connectivity index (χ0) is 20.1. The number of fused-ring (bicyclic) bond motifs is 1. The number of carbonyl (C=O) groups excluding carboxylic acids is 2. The molecule has 2 aliphatic rings. The van der Waals surface area contributed by atoms with Gasteiger partial charge in [-0.25, -0.2) is 9.96 Å². The van der Waals surface area contributed by atoms with Crippen LogP contribution in [-0.4, -0.2) is 17.9 Å². The van der Waals surface area contributed by atoms with E-state index in [9.17, 15) is 9.59 Å². The Morgan fingerprint density at radius 1 is 0.897 bits per heavy atom. The molecule has 0 bridgehead atoms. The van der Waals surface area contributed by atoms with E-state index >= 15 is 0 Å². The van der Waals surface area contributed by atoms with E-state index < -0.39 is 18.1 Å². The number of amides is 2. The van der Waals surface area contributed by atoms with Gasteiger partial charge in [-0.15, -0.1) is 0 Å². The minimum atomic E-state index is -0.922. The number of anilines is 2. The van der Waals surface area contributed by atoms with Crippen LogP contribution >= 0.6 is 11.6 Å². The fourth-order valence-corrected chi connectivity index (χ4v) is 4.05. The summed E-state index contributed by atoms with van der Waals surface area (Å²) in [5.41, 5.74) is 2.28. The van der Waals surface area contributed by atoms with Crippen LogP contribution in [0.15, 0.2) is 71.3 Å². The molecule has 2 fully saturated rings. The van der Waals surface area contributed by atoms with Gasteiger partial charge in [0.1, 0.15) is 17.7 Å². The molecule has 0 radical (unpaired) electrons. The summed E-state index contributed by atoms with van der Waals surface area (Å²) in [7, 11) is 0. The molecule has 5 rings (SSSR count). The Balaban J connectivity index is 1.56. The molecule has 1 aromatic heterocycles. The van der Waals surface area contributed by atoms with Gasteiger partial charge in [0, 0.05) is 5.02 Å². The summed E-state index contributed by atoms with van der Waals surface area (Å²) >= 11 is 6.00. The smallest absolute Gasteiger partial charge is 0.266 e. The molecule has 2 saturated heterocycles. The molecule has 6 nitrogen and oxygen atoms in total. The van der Waals surface area contributed by atoms with Crippen molar-refractivity contribution in [3.63, 3.8) is 0 Å². The molecule has 2 amide bonds. The highest BCUT2D eigenvalue weighted by Crippen LogP contribution is 2.47. The van der Waals surface area contributed by atoms with Crippen molar-refractivity contribution >= 4 is 34.8 Å². The summed E-state index contributed by atoms with van der Waals surface area (Å²) in [6.45, 7) is 1.95. The van der Waals surface area contributed by atoms with Gasteiger partial charge in [0.15, 0.2) is 6.10 Å². The van der Waals surface area contributed by atoms with E-state index in [2.05, 4.69) is 0 Å². The molecular weight excluding hydrogens is 392 g/mol. The van der Waals surface area contributed by atoms with Crippen LogP contribution in [0.4, 0.5) is 11.4 Å². The summed E-state index contributed by atoms with van der Waals surface area (Å²) in [5.74, 6) is -0.844. The summed E-state index contributed by atoms with van der Waals surface area (Å²) < 4.78 is 5.61. The Labute approximate surface area is 172 Å². The molecule has 2 aromatic carbocycles. The predicted molar refractivity (Wildman–Crippen MR) is 107 cm³/mol. The van der Waals surface area contributed by atoms with Crippen LogP contribution in [0.5, 0.6) is 0 Å². The van der Waals surface area contributed by atoms with Crippen LogP contribution in [0, 0.1) is 12.8 Å². The van der Waals surface area contributed by atoms with Crippen molar-refractivity contribution in [3.05, 3.63) is 83.3 Å². The van der Waals surface area contributed by atoms with Crippen molar-refractivity contribution in [2.24, 2.45) is 5.92 Å². The number of carbonyl (C=O) groups is 2. The number of imide groups is 1. The van der Waals surface area contributed by atoms with Crippen LogP contribution in [0.2, 0.25) is 5.02 Å². The maximum atomic E-state index is 13.4. The monoisotopic (exact) mass is 408 g/mol. The fourth-order valence-electron chi connectivity index (χ4n) is 3.92. The Morgan fingerprint density at radius 3 is 2.24 bits per heavy atom. The topological polar surface area (TPSA) is 63.0 Å². The molecule has 0 N–H and O–H groups in total. The second kappa shape index (κ2) is 6.76. The number of hydrogen-bond donors (Lipinski definition) is 0. The third kappa shape index (κ3) is 2.84. The second-order valence-electron chi connectivity index (χ2n) is 7.16. The summed E-state index contributed by atoms with van der Waals surface area (Å²) in [5, 5.41) is 2.16. The number of hydroxylamine groups is 1.